The summed E-state index contributed by atoms with van der Waals surface area (Å²) in [6.45, 7) is 1.78. The van der Waals surface area contributed by atoms with Crippen LogP contribution in [0.3, 0.4) is 0 Å². The first-order chi connectivity index (χ1) is 7.99. The van der Waals surface area contributed by atoms with E-state index in [1.807, 2.05) is 0 Å². The van der Waals surface area contributed by atoms with Gasteiger partial charge < -0.3 is 10.4 Å². The largest absolute Gasteiger partial charge is 0.392 e. The Morgan fingerprint density at radius 3 is 2.53 bits per heavy atom. The lowest BCUT2D eigenvalue weighted by Gasteiger charge is -2.06. The number of nitro benzene ring substituents is 1. The van der Waals surface area contributed by atoms with Crippen molar-refractivity contribution in [3.05, 3.63) is 39.9 Å². The van der Waals surface area contributed by atoms with Crippen molar-refractivity contribution in [3.63, 3.8) is 0 Å². The molecule has 0 aliphatic rings. The molecule has 0 bridgehead atoms. The van der Waals surface area contributed by atoms with Crippen molar-refractivity contribution in [2.24, 2.45) is 0 Å². The van der Waals surface area contributed by atoms with Gasteiger partial charge in [-0.25, -0.2) is 0 Å². The van der Waals surface area contributed by atoms with Gasteiger partial charge in [0.25, 0.3) is 5.69 Å². The van der Waals surface area contributed by atoms with Crippen molar-refractivity contribution >= 4 is 11.6 Å². The lowest BCUT2D eigenvalue weighted by Crippen LogP contribution is -2.31. The number of nitro groups is 1. The molecule has 0 unspecified atom stereocenters. The predicted octanol–water partition coefficient (Wildman–Crippen LogP) is 0.634. The lowest BCUT2D eigenvalue weighted by molar-refractivity contribution is -0.384. The van der Waals surface area contributed by atoms with E-state index in [0.29, 0.717) is 5.56 Å². The van der Waals surface area contributed by atoms with Crippen LogP contribution in [0.2, 0.25) is 0 Å². The highest BCUT2D eigenvalue weighted by Gasteiger charge is 2.07. The molecule has 92 valence electrons. The van der Waals surface area contributed by atoms with Crippen LogP contribution in [0.4, 0.5) is 5.69 Å². The van der Waals surface area contributed by atoms with Crippen LogP contribution in [0.15, 0.2) is 24.3 Å². The van der Waals surface area contributed by atoms with Gasteiger partial charge in [0.15, 0.2) is 0 Å². The average molecular weight is 238 g/mol. The predicted molar refractivity (Wildman–Crippen MR) is 61.5 cm³/mol. The molecule has 0 aliphatic heterocycles. The standard InChI is InChI=1S/C11H14N2O4/c1-8(14)7-12-11(15)6-9-2-4-10(5-3-9)13(16)17/h2-5,8,14H,6-7H2,1H3,(H,12,15)/t8-/m0/s1. The molecule has 1 aromatic carbocycles. The van der Waals surface area contributed by atoms with Gasteiger partial charge >= 0.3 is 0 Å². The molecule has 0 spiro atoms. The maximum Gasteiger partial charge on any atom is 0.269 e. The van der Waals surface area contributed by atoms with E-state index in [-0.39, 0.29) is 24.6 Å². The number of nitrogens with zero attached hydrogens (tertiary/aromatic N) is 1. The Bertz CT molecular complexity index is 400. The summed E-state index contributed by atoms with van der Waals surface area (Å²) in [7, 11) is 0. The zero-order valence-electron chi connectivity index (χ0n) is 9.42. The quantitative estimate of drug-likeness (QED) is 0.581. The fourth-order valence-electron chi connectivity index (χ4n) is 1.24. The molecule has 1 atom stereocenters. The van der Waals surface area contributed by atoms with E-state index in [9.17, 15) is 14.9 Å². The minimum Gasteiger partial charge on any atom is -0.392 e. The van der Waals surface area contributed by atoms with Gasteiger partial charge in [0.05, 0.1) is 17.4 Å². The van der Waals surface area contributed by atoms with E-state index in [0.717, 1.165) is 0 Å². The van der Waals surface area contributed by atoms with E-state index >= 15 is 0 Å². The molecule has 0 radical (unpaired) electrons. The number of hydrogen-bond acceptors (Lipinski definition) is 4. The number of carbonyl (C=O) groups is 1. The summed E-state index contributed by atoms with van der Waals surface area (Å²) >= 11 is 0. The van der Waals surface area contributed by atoms with Crippen LogP contribution in [0, 0.1) is 10.1 Å². The summed E-state index contributed by atoms with van der Waals surface area (Å²) in [5.41, 5.74) is 0.692. The van der Waals surface area contributed by atoms with Gasteiger partial charge in [0, 0.05) is 18.7 Å². The number of hydrogen-bond donors (Lipinski definition) is 2. The minimum absolute atomic E-state index is 0.00172. The number of nitrogens with one attached hydrogen (secondary N) is 1. The fourth-order valence-corrected chi connectivity index (χ4v) is 1.24. The fraction of sp³-hybridized carbons (Fsp3) is 0.364. The average Bonchev–Trinajstić information content (AvgIpc) is 2.27. The Morgan fingerprint density at radius 1 is 1.47 bits per heavy atom. The number of aliphatic hydroxyl groups is 1. The first-order valence-electron chi connectivity index (χ1n) is 5.17. The molecular weight excluding hydrogens is 224 g/mol. The van der Waals surface area contributed by atoms with Gasteiger partial charge in [-0.2, -0.15) is 0 Å². The van der Waals surface area contributed by atoms with Crippen LogP contribution in [0.5, 0.6) is 0 Å². The number of rotatable bonds is 5. The SMILES string of the molecule is C[C@H](O)CNC(=O)Cc1ccc([N+](=O)[O-])cc1. The maximum absolute atomic E-state index is 11.4. The Hall–Kier alpha value is -1.95. The van der Waals surface area contributed by atoms with Gasteiger partial charge in [-0.05, 0) is 12.5 Å². The summed E-state index contributed by atoms with van der Waals surface area (Å²) in [5, 5.41) is 21.9. The summed E-state index contributed by atoms with van der Waals surface area (Å²) in [6.07, 6.45) is -0.444. The molecule has 6 nitrogen and oxygen atoms in total. The molecule has 1 aromatic rings. The van der Waals surface area contributed by atoms with Crippen molar-refractivity contribution < 1.29 is 14.8 Å². The Labute approximate surface area is 98.4 Å². The molecule has 0 aliphatic carbocycles. The third-order valence-electron chi connectivity index (χ3n) is 2.11. The van der Waals surface area contributed by atoms with Crippen molar-refractivity contribution in [1.82, 2.24) is 5.32 Å². The van der Waals surface area contributed by atoms with Crippen LogP contribution in [-0.2, 0) is 11.2 Å². The minimum atomic E-state index is -0.587. The molecule has 0 heterocycles. The topological polar surface area (TPSA) is 92.5 Å². The highest BCUT2D eigenvalue weighted by molar-refractivity contribution is 5.78. The lowest BCUT2D eigenvalue weighted by atomic mass is 10.1. The highest BCUT2D eigenvalue weighted by Crippen LogP contribution is 2.12. The number of amides is 1. The van der Waals surface area contributed by atoms with Crippen LogP contribution in [0.25, 0.3) is 0 Å². The van der Waals surface area contributed by atoms with Crippen LogP contribution in [-0.4, -0.2) is 28.6 Å². The Balaban J connectivity index is 2.51. The van der Waals surface area contributed by atoms with Crippen LogP contribution in [0.1, 0.15) is 12.5 Å². The molecule has 0 saturated carbocycles. The van der Waals surface area contributed by atoms with Gasteiger partial charge in [-0.3, -0.25) is 14.9 Å². The van der Waals surface area contributed by atoms with Gasteiger partial charge in [0.2, 0.25) is 5.91 Å². The number of aliphatic hydroxyl groups excluding tert-OH is 1. The molecule has 1 amide bonds. The van der Waals surface area contributed by atoms with E-state index < -0.39 is 11.0 Å². The van der Waals surface area contributed by atoms with Crippen LogP contribution >= 0.6 is 0 Å². The molecule has 0 fully saturated rings. The summed E-state index contributed by atoms with van der Waals surface area (Å²) < 4.78 is 0. The molecule has 1 rings (SSSR count). The molecule has 0 saturated heterocycles. The summed E-state index contributed by atoms with van der Waals surface area (Å²) in [5.74, 6) is -0.222. The number of benzene rings is 1. The number of carbonyl (C=O) groups excluding carboxylic acids is 1. The first-order valence-corrected chi connectivity index (χ1v) is 5.17. The van der Waals surface area contributed by atoms with Gasteiger partial charge in [0.1, 0.15) is 0 Å². The monoisotopic (exact) mass is 238 g/mol. The normalized spacial score (nSPS) is 11.9. The zero-order chi connectivity index (χ0) is 12.8. The Kier molecular flexibility index (Phi) is 4.59. The molecule has 2 N–H and O–H groups in total. The summed E-state index contributed by atoms with van der Waals surface area (Å²) in [6, 6.07) is 5.80. The molecular formula is C11H14N2O4. The maximum atomic E-state index is 11.4. The van der Waals surface area contributed by atoms with Gasteiger partial charge in [-0.1, -0.05) is 12.1 Å². The zero-order valence-corrected chi connectivity index (χ0v) is 9.42. The van der Waals surface area contributed by atoms with E-state index in [4.69, 9.17) is 5.11 Å². The molecule has 6 heteroatoms. The summed E-state index contributed by atoms with van der Waals surface area (Å²) in [4.78, 5) is 21.3. The Morgan fingerprint density at radius 2 is 2.06 bits per heavy atom. The third kappa shape index (κ3) is 4.60. The highest BCUT2D eigenvalue weighted by atomic mass is 16.6. The van der Waals surface area contributed by atoms with Crippen molar-refractivity contribution in [1.29, 1.82) is 0 Å². The molecule has 17 heavy (non-hydrogen) atoms. The third-order valence-corrected chi connectivity index (χ3v) is 2.11. The van der Waals surface area contributed by atoms with Crippen molar-refractivity contribution in [2.45, 2.75) is 19.4 Å². The van der Waals surface area contributed by atoms with Crippen molar-refractivity contribution in [3.8, 4) is 0 Å². The van der Waals surface area contributed by atoms with Gasteiger partial charge in [-0.15, -0.1) is 0 Å². The molecule has 0 aromatic heterocycles. The smallest absolute Gasteiger partial charge is 0.269 e. The van der Waals surface area contributed by atoms with E-state index in [1.54, 1.807) is 19.1 Å². The second-order valence-corrected chi connectivity index (χ2v) is 3.75. The van der Waals surface area contributed by atoms with Crippen LogP contribution < -0.4 is 5.32 Å². The van der Waals surface area contributed by atoms with Crippen molar-refractivity contribution in [2.75, 3.05) is 6.54 Å². The number of non-ortho nitro benzene ring substituents is 1. The second-order valence-electron chi connectivity index (χ2n) is 3.75. The second kappa shape index (κ2) is 5.95. The van der Waals surface area contributed by atoms with E-state index in [1.165, 1.54) is 12.1 Å². The first kappa shape index (κ1) is 13.1. The van der Waals surface area contributed by atoms with E-state index in [2.05, 4.69) is 5.32 Å².